The van der Waals surface area contributed by atoms with Crippen molar-refractivity contribution in [3.05, 3.63) is 200 Å². The number of fused-ring (bicyclic) bond motifs is 3. The van der Waals surface area contributed by atoms with Gasteiger partial charge in [0.25, 0.3) is 0 Å². The molecule has 0 atom stereocenters. The van der Waals surface area contributed by atoms with E-state index in [2.05, 4.69) is 205 Å². The summed E-state index contributed by atoms with van der Waals surface area (Å²) in [5.41, 5.74) is 17.2. The van der Waals surface area contributed by atoms with Gasteiger partial charge in [0, 0.05) is 0 Å². The van der Waals surface area contributed by atoms with Gasteiger partial charge in [-0.2, -0.15) is 0 Å². The van der Waals surface area contributed by atoms with Gasteiger partial charge in [0.15, 0.2) is 0 Å². The Morgan fingerprint density at radius 2 is 0.914 bits per heavy atom. The topological polar surface area (TPSA) is 0 Å². The molecule has 0 fully saturated rings. The van der Waals surface area contributed by atoms with E-state index in [1.54, 1.807) is 14.4 Å². The zero-order valence-electron chi connectivity index (χ0n) is 35.0. The van der Waals surface area contributed by atoms with Crippen LogP contribution < -0.4 is 0 Å². The van der Waals surface area contributed by atoms with Gasteiger partial charge in [-0.3, -0.25) is 0 Å². The average molecular weight is 881 g/mol. The molecule has 0 saturated carbocycles. The van der Waals surface area contributed by atoms with Gasteiger partial charge < -0.3 is 0 Å². The van der Waals surface area contributed by atoms with Gasteiger partial charge in [-0.05, 0) is 0 Å². The van der Waals surface area contributed by atoms with Crippen LogP contribution in [-0.4, -0.2) is 3.21 Å². The Balaban J connectivity index is 0.00000283. The maximum atomic E-state index is 2.67. The first-order chi connectivity index (χ1) is 27.1. The summed E-state index contributed by atoms with van der Waals surface area (Å²) in [6.45, 7) is 14.4. The second-order valence-corrected chi connectivity index (χ2v) is 24.7. The Kier molecular flexibility index (Phi) is 14.0. The molecule has 296 valence electrons. The molecule has 0 bridgehead atoms. The zero-order chi connectivity index (χ0) is 38.9. The Morgan fingerprint density at radius 1 is 0.517 bits per heavy atom. The molecule has 0 N–H and O–H groups in total. The summed E-state index contributed by atoms with van der Waals surface area (Å²) in [5.74, 6) is 0. The molecule has 0 aromatic heterocycles. The Hall–Kier alpha value is -3.87. The number of aryl methyl sites for hydroxylation is 2. The number of hydrogen-bond acceptors (Lipinski definition) is 0. The van der Waals surface area contributed by atoms with Gasteiger partial charge in [0.2, 0.25) is 0 Å². The molecule has 0 unspecified atom stereocenters. The fourth-order valence-electron chi connectivity index (χ4n) is 9.15. The largest absolute Gasteiger partial charge is 0.147 e. The number of hydrogen-bond donors (Lipinski definition) is 0. The van der Waals surface area contributed by atoms with Gasteiger partial charge in [0.05, 0.1) is 0 Å². The molecule has 0 nitrogen and oxygen atoms in total. The smallest absolute Gasteiger partial charge is 0.147 e. The summed E-state index contributed by atoms with van der Waals surface area (Å²) in [4.78, 5) is 0. The van der Waals surface area contributed by atoms with Crippen LogP contribution in [0.15, 0.2) is 167 Å². The number of allylic oxidation sites excluding steroid dienone is 4. The molecular formula is C55H58Cl2Zr. The van der Waals surface area contributed by atoms with E-state index in [0.29, 0.717) is 3.63 Å². The molecule has 0 saturated heterocycles. The van der Waals surface area contributed by atoms with Crippen molar-refractivity contribution in [2.24, 2.45) is 0 Å². The van der Waals surface area contributed by atoms with E-state index < -0.39 is 21.3 Å². The first-order valence-corrected chi connectivity index (χ1v) is 24.6. The number of halogens is 2. The second kappa shape index (κ2) is 18.6. The molecule has 0 amide bonds. The van der Waals surface area contributed by atoms with Crippen LogP contribution in [0.4, 0.5) is 0 Å². The number of benzene rings is 6. The second-order valence-electron chi connectivity index (χ2n) is 17.9. The summed E-state index contributed by atoms with van der Waals surface area (Å²) in [6.07, 6.45) is 12.9. The van der Waals surface area contributed by atoms with E-state index in [4.69, 9.17) is 0 Å². The Labute approximate surface area is 368 Å². The van der Waals surface area contributed by atoms with Crippen molar-refractivity contribution in [2.45, 2.75) is 88.1 Å². The Morgan fingerprint density at radius 3 is 1.28 bits per heavy atom. The SMILES string of the molecule is CC(C)(C)c1cc2c(cc1-c1ccccc1)[CH]([Zr]([C]1=CC=CC1)=[C](CCc1ccccc1)CCc1ccccc1)c1cc(-c3ccccc3)c(C(C)(C)C)cc1-2.Cl.Cl. The molecule has 58 heavy (non-hydrogen) atoms. The Bertz CT molecular complexity index is 2280. The van der Waals surface area contributed by atoms with Gasteiger partial charge in [-0.1, -0.05) is 0 Å². The van der Waals surface area contributed by atoms with Crippen molar-refractivity contribution in [3.8, 4) is 33.4 Å². The number of rotatable bonds is 10. The monoisotopic (exact) mass is 878 g/mol. The minimum atomic E-state index is -2.72. The standard InChI is InChI=1S/C33H33.C17H18.C5H5.2ClH.Zr/c1-32(2,3)30-20-26-24(18-28(30)22-13-9-7-10-14-22)17-25-19-29(23-15-11-8-12-16-23)31(21-27(25)26)33(4,5)6;1-4-10-16(11-5-1)14-8-3-9-15-17-12-6-2-7-13-17;1-2-4-5-3-1;;;/h7-21H,1-6H3;1-2,4-7,10-13H,8-9,14-15H2;1-3H,4H2;2*1H;. The predicted molar refractivity (Wildman–Crippen MR) is 253 cm³/mol. The van der Waals surface area contributed by atoms with Crippen molar-refractivity contribution in [1.82, 2.24) is 0 Å². The van der Waals surface area contributed by atoms with Gasteiger partial charge >= 0.3 is 346 Å². The fraction of sp³-hybridized carbons (Fsp3) is 0.255. The first kappa shape index (κ1) is 43.7. The van der Waals surface area contributed by atoms with E-state index in [-0.39, 0.29) is 35.6 Å². The van der Waals surface area contributed by atoms with E-state index in [0.717, 1.165) is 32.1 Å². The first-order valence-electron chi connectivity index (χ1n) is 20.7. The maximum Gasteiger partial charge on any atom is -0.147 e. The summed E-state index contributed by atoms with van der Waals surface area (Å²) in [7, 11) is 0. The van der Waals surface area contributed by atoms with Crippen molar-refractivity contribution in [3.63, 3.8) is 0 Å². The van der Waals surface area contributed by atoms with E-state index in [1.165, 1.54) is 55.6 Å². The summed E-state index contributed by atoms with van der Waals surface area (Å²) >= 11 is -2.72. The minimum Gasteiger partial charge on any atom is -0.147 e. The minimum absolute atomic E-state index is 0. The van der Waals surface area contributed by atoms with Crippen LogP contribution in [-0.2, 0) is 44.9 Å². The van der Waals surface area contributed by atoms with Crippen molar-refractivity contribution >= 4 is 28.0 Å². The van der Waals surface area contributed by atoms with Crippen LogP contribution in [0.2, 0.25) is 0 Å². The molecule has 6 aromatic carbocycles. The van der Waals surface area contributed by atoms with Gasteiger partial charge in [-0.25, -0.2) is 0 Å². The fourth-order valence-corrected chi connectivity index (χ4v) is 18.3. The third-order valence-corrected chi connectivity index (χ3v) is 20.6. The van der Waals surface area contributed by atoms with Crippen molar-refractivity contribution in [1.29, 1.82) is 0 Å². The van der Waals surface area contributed by atoms with Crippen LogP contribution in [0.25, 0.3) is 33.4 Å². The molecule has 2 aliphatic rings. The van der Waals surface area contributed by atoms with E-state index in [1.807, 2.05) is 3.21 Å². The molecule has 0 spiro atoms. The van der Waals surface area contributed by atoms with Crippen LogP contribution in [0.1, 0.15) is 97.8 Å². The molecule has 3 heteroatoms. The third-order valence-electron chi connectivity index (χ3n) is 12.0. The summed E-state index contributed by atoms with van der Waals surface area (Å²) in [5, 5.41) is 0. The molecule has 8 rings (SSSR count). The normalized spacial score (nSPS) is 13.2. The molecule has 0 heterocycles. The van der Waals surface area contributed by atoms with Crippen LogP contribution in [0.3, 0.4) is 0 Å². The third kappa shape index (κ3) is 9.29. The van der Waals surface area contributed by atoms with Crippen molar-refractivity contribution in [2.75, 3.05) is 0 Å². The molecule has 2 aliphatic carbocycles. The van der Waals surface area contributed by atoms with Crippen LogP contribution >= 0.6 is 24.8 Å². The molecule has 0 aliphatic heterocycles. The van der Waals surface area contributed by atoms with E-state index >= 15 is 0 Å². The molecule has 6 aromatic rings. The van der Waals surface area contributed by atoms with Crippen LogP contribution in [0.5, 0.6) is 0 Å². The quantitative estimate of drug-likeness (QED) is 0.129. The van der Waals surface area contributed by atoms with Crippen molar-refractivity contribution < 1.29 is 21.3 Å². The molecular weight excluding hydrogens is 823 g/mol. The van der Waals surface area contributed by atoms with Gasteiger partial charge in [0.1, 0.15) is 0 Å². The summed E-state index contributed by atoms with van der Waals surface area (Å²) in [6, 6.07) is 55.5. The average Bonchev–Trinajstić information content (AvgIpc) is 3.85. The van der Waals surface area contributed by atoms with E-state index in [9.17, 15) is 0 Å². The van der Waals surface area contributed by atoms with Gasteiger partial charge in [-0.15, -0.1) is 24.8 Å². The van der Waals surface area contributed by atoms with Crippen LogP contribution in [0, 0.1) is 0 Å². The maximum absolute atomic E-state index is 2.72. The summed E-state index contributed by atoms with van der Waals surface area (Å²) < 4.78 is 4.00. The zero-order valence-corrected chi connectivity index (χ0v) is 39.1. The predicted octanol–water partition coefficient (Wildman–Crippen LogP) is 15.4. The molecule has 0 radical (unpaired) electrons.